The van der Waals surface area contributed by atoms with Crippen LogP contribution in [0.3, 0.4) is 0 Å². The fourth-order valence-electron chi connectivity index (χ4n) is 2.93. The number of nitrogens with one attached hydrogen (secondary N) is 1. The Balaban J connectivity index is 2.38. The van der Waals surface area contributed by atoms with E-state index in [9.17, 15) is 20.0 Å². The van der Waals surface area contributed by atoms with Crippen LogP contribution in [-0.4, -0.2) is 26.5 Å². The largest absolute Gasteiger partial charge is 0.480 e. The van der Waals surface area contributed by atoms with Crippen LogP contribution in [-0.2, 0) is 4.79 Å². The number of hydrogen-bond acceptors (Lipinski definition) is 5. The maximum atomic E-state index is 11.7. The molecule has 1 aliphatic rings. The Morgan fingerprint density at radius 3 is 2.90 bits per heavy atom. The topological polar surface area (TPSA) is 105 Å². The van der Waals surface area contributed by atoms with Gasteiger partial charge in [-0.25, -0.2) is 9.78 Å². The molecule has 0 aromatic carbocycles. The summed E-state index contributed by atoms with van der Waals surface area (Å²) < 4.78 is 0. The van der Waals surface area contributed by atoms with Gasteiger partial charge in [-0.1, -0.05) is 19.8 Å². The number of carboxylic acid groups (broad SMARTS) is 1. The molecule has 114 valence electrons. The smallest absolute Gasteiger partial charge is 0.329 e. The molecule has 1 aromatic heterocycles. The first-order valence-corrected chi connectivity index (χ1v) is 6.97. The molecule has 0 saturated heterocycles. The lowest BCUT2D eigenvalue weighted by molar-refractivity contribution is -0.384. The summed E-state index contributed by atoms with van der Waals surface area (Å²) in [6.45, 7) is 3.70. The van der Waals surface area contributed by atoms with Gasteiger partial charge < -0.3 is 10.4 Å². The molecule has 1 heterocycles. The molecule has 1 saturated carbocycles. The van der Waals surface area contributed by atoms with Crippen LogP contribution in [0.1, 0.15) is 38.2 Å². The summed E-state index contributed by atoms with van der Waals surface area (Å²) in [5.74, 6) is -0.695. The summed E-state index contributed by atoms with van der Waals surface area (Å²) >= 11 is 0. The van der Waals surface area contributed by atoms with Gasteiger partial charge in [0.05, 0.1) is 4.92 Å². The van der Waals surface area contributed by atoms with Crippen LogP contribution >= 0.6 is 0 Å². The summed E-state index contributed by atoms with van der Waals surface area (Å²) in [6.07, 6.45) is 4.13. The summed E-state index contributed by atoms with van der Waals surface area (Å²) in [5.41, 5.74) is -0.701. The minimum Gasteiger partial charge on any atom is -0.480 e. The van der Waals surface area contributed by atoms with Gasteiger partial charge in [-0.15, -0.1) is 0 Å². The second-order valence-corrected chi connectivity index (χ2v) is 5.85. The fraction of sp³-hybridized carbons (Fsp3) is 0.571. The number of aliphatic carboxylic acids is 1. The molecule has 7 heteroatoms. The first-order chi connectivity index (χ1) is 9.84. The number of carboxylic acids is 1. The van der Waals surface area contributed by atoms with Gasteiger partial charge in [0, 0.05) is 12.3 Å². The van der Waals surface area contributed by atoms with Crippen molar-refractivity contribution in [3.05, 3.63) is 27.9 Å². The van der Waals surface area contributed by atoms with Crippen molar-refractivity contribution in [2.75, 3.05) is 5.32 Å². The molecule has 0 spiro atoms. The lowest BCUT2D eigenvalue weighted by Gasteiger charge is -2.37. The number of anilines is 1. The molecule has 1 fully saturated rings. The van der Waals surface area contributed by atoms with Crippen molar-refractivity contribution < 1.29 is 14.8 Å². The van der Waals surface area contributed by atoms with E-state index in [4.69, 9.17) is 0 Å². The Hall–Kier alpha value is -2.18. The average Bonchev–Trinajstić information content (AvgIpc) is 2.40. The third-order valence-corrected chi connectivity index (χ3v) is 3.97. The van der Waals surface area contributed by atoms with E-state index in [0.29, 0.717) is 18.4 Å². The maximum Gasteiger partial charge on any atom is 0.329 e. The molecule has 7 nitrogen and oxygen atoms in total. The molecule has 2 atom stereocenters. The van der Waals surface area contributed by atoms with E-state index in [1.807, 2.05) is 6.92 Å². The van der Waals surface area contributed by atoms with Crippen molar-refractivity contribution in [3.63, 3.8) is 0 Å². The molecule has 21 heavy (non-hydrogen) atoms. The highest BCUT2D eigenvalue weighted by Gasteiger charge is 2.43. The number of nitro groups is 1. The standard InChI is InChI=1S/C14H19N3O4/c1-9-4-3-5-14(7-9,13(18)19)16-12-11(17(20)21)6-10(2)8-15-12/h6,8-9H,3-5,7H2,1-2H3,(H,15,16)(H,18,19). The minimum atomic E-state index is -1.18. The van der Waals surface area contributed by atoms with Crippen molar-refractivity contribution in [3.8, 4) is 0 Å². The van der Waals surface area contributed by atoms with Crippen molar-refractivity contribution in [2.45, 2.75) is 45.1 Å². The number of aromatic nitrogens is 1. The van der Waals surface area contributed by atoms with Gasteiger partial charge in [-0.3, -0.25) is 10.1 Å². The van der Waals surface area contributed by atoms with Crippen LogP contribution in [0.2, 0.25) is 0 Å². The maximum absolute atomic E-state index is 11.7. The van der Waals surface area contributed by atoms with Gasteiger partial charge in [-0.2, -0.15) is 0 Å². The second-order valence-electron chi connectivity index (χ2n) is 5.85. The minimum absolute atomic E-state index is 0.0297. The van der Waals surface area contributed by atoms with E-state index in [-0.39, 0.29) is 17.4 Å². The van der Waals surface area contributed by atoms with Gasteiger partial charge in [-0.05, 0) is 31.2 Å². The number of carbonyl (C=O) groups is 1. The van der Waals surface area contributed by atoms with Crippen LogP contribution in [0.4, 0.5) is 11.5 Å². The van der Waals surface area contributed by atoms with E-state index in [0.717, 1.165) is 12.8 Å². The zero-order valence-corrected chi connectivity index (χ0v) is 12.1. The first-order valence-electron chi connectivity index (χ1n) is 6.97. The highest BCUT2D eigenvalue weighted by molar-refractivity contribution is 5.83. The normalized spacial score (nSPS) is 25.3. The number of pyridine rings is 1. The van der Waals surface area contributed by atoms with Gasteiger partial charge in [0.1, 0.15) is 5.54 Å². The summed E-state index contributed by atoms with van der Waals surface area (Å²) in [7, 11) is 0. The highest BCUT2D eigenvalue weighted by Crippen LogP contribution is 2.37. The third kappa shape index (κ3) is 3.12. The zero-order chi connectivity index (χ0) is 15.6. The van der Waals surface area contributed by atoms with Gasteiger partial charge >= 0.3 is 11.7 Å². The predicted molar refractivity (Wildman–Crippen MR) is 77.2 cm³/mol. The third-order valence-electron chi connectivity index (χ3n) is 3.97. The van der Waals surface area contributed by atoms with Crippen molar-refractivity contribution in [1.82, 2.24) is 4.98 Å². The molecule has 1 aromatic rings. The molecule has 2 unspecified atom stereocenters. The first kappa shape index (κ1) is 15.2. The van der Waals surface area contributed by atoms with E-state index >= 15 is 0 Å². The average molecular weight is 293 g/mol. The molecule has 0 aliphatic heterocycles. The van der Waals surface area contributed by atoms with Crippen LogP contribution < -0.4 is 5.32 Å². The molecular formula is C14H19N3O4. The van der Waals surface area contributed by atoms with E-state index in [2.05, 4.69) is 10.3 Å². The summed E-state index contributed by atoms with van der Waals surface area (Å²) in [4.78, 5) is 26.3. The Bertz CT molecular complexity index is 575. The molecule has 2 N–H and O–H groups in total. The summed E-state index contributed by atoms with van der Waals surface area (Å²) in [6, 6.07) is 1.40. The van der Waals surface area contributed by atoms with Crippen LogP contribution in [0.5, 0.6) is 0 Å². The molecular weight excluding hydrogens is 274 g/mol. The Morgan fingerprint density at radius 1 is 1.62 bits per heavy atom. The number of aryl methyl sites for hydroxylation is 1. The second kappa shape index (κ2) is 5.67. The molecule has 0 bridgehead atoms. The monoisotopic (exact) mass is 293 g/mol. The van der Waals surface area contributed by atoms with E-state index < -0.39 is 16.4 Å². The quantitative estimate of drug-likeness (QED) is 0.653. The number of nitrogens with zero attached hydrogens (tertiary/aromatic N) is 2. The van der Waals surface area contributed by atoms with E-state index in [1.165, 1.54) is 12.3 Å². The van der Waals surface area contributed by atoms with Crippen molar-refractivity contribution >= 4 is 17.5 Å². The molecule has 1 aliphatic carbocycles. The zero-order valence-electron chi connectivity index (χ0n) is 12.1. The summed E-state index contributed by atoms with van der Waals surface area (Å²) in [5, 5.41) is 23.6. The Kier molecular flexibility index (Phi) is 4.11. The van der Waals surface area contributed by atoms with Crippen LogP contribution in [0.25, 0.3) is 0 Å². The van der Waals surface area contributed by atoms with Gasteiger partial charge in [0.15, 0.2) is 0 Å². The van der Waals surface area contributed by atoms with Crippen molar-refractivity contribution in [1.29, 1.82) is 0 Å². The predicted octanol–water partition coefficient (Wildman–Crippen LogP) is 2.74. The number of hydrogen-bond donors (Lipinski definition) is 2. The van der Waals surface area contributed by atoms with Gasteiger partial charge in [0.2, 0.25) is 5.82 Å². The lowest BCUT2D eigenvalue weighted by Crippen LogP contribution is -2.49. The Morgan fingerprint density at radius 2 is 2.33 bits per heavy atom. The van der Waals surface area contributed by atoms with Crippen molar-refractivity contribution in [2.24, 2.45) is 5.92 Å². The molecule has 0 radical (unpaired) electrons. The van der Waals surface area contributed by atoms with Crippen LogP contribution in [0, 0.1) is 23.0 Å². The molecule has 2 rings (SSSR count). The Labute approximate surface area is 122 Å². The van der Waals surface area contributed by atoms with Crippen LogP contribution in [0.15, 0.2) is 12.3 Å². The van der Waals surface area contributed by atoms with E-state index in [1.54, 1.807) is 6.92 Å². The fourth-order valence-corrected chi connectivity index (χ4v) is 2.93. The number of rotatable bonds is 4. The highest BCUT2D eigenvalue weighted by atomic mass is 16.6. The lowest BCUT2D eigenvalue weighted by atomic mass is 9.76. The SMILES string of the molecule is Cc1cnc(NC2(C(=O)O)CCCC(C)C2)c([N+](=O)[O-])c1. The van der Waals surface area contributed by atoms with Gasteiger partial charge in [0.25, 0.3) is 0 Å². The molecule has 0 amide bonds.